The summed E-state index contributed by atoms with van der Waals surface area (Å²) >= 11 is 3.15. The molecule has 0 radical (unpaired) electrons. The molecule has 1 amide bonds. The third-order valence-electron chi connectivity index (χ3n) is 2.11. The minimum atomic E-state index is -0.533. The molecular formula is C10H8BrFN4O. The van der Waals surface area contributed by atoms with Crippen LogP contribution >= 0.6 is 15.9 Å². The van der Waals surface area contributed by atoms with Crippen LogP contribution < -0.4 is 11.1 Å². The van der Waals surface area contributed by atoms with Gasteiger partial charge in [0.1, 0.15) is 17.2 Å². The quantitative estimate of drug-likeness (QED) is 0.794. The van der Waals surface area contributed by atoms with Gasteiger partial charge in [-0.05, 0) is 28.1 Å². The Balaban J connectivity index is 2.28. The largest absolute Gasteiger partial charge is 0.383 e. The Kier molecular flexibility index (Phi) is 3.10. The SMILES string of the molecule is Nc1[nH]ncc1C(=O)Nc1c(F)cccc1Br. The van der Waals surface area contributed by atoms with Gasteiger partial charge in [0.2, 0.25) is 0 Å². The predicted molar refractivity (Wildman–Crippen MR) is 65.1 cm³/mol. The molecule has 7 heteroatoms. The van der Waals surface area contributed by atoms with Gasteiger partial charge in [-0.3, -0.25) is 9.89 Å². The summed E-state index contributed by atoms with van der Waals surface area (Å²) in [4.78, 5) is 11.8. The molecule has 5 nitrogen and oxygen atoms in total. The first kappa shape index (κ1) is 11.6. The van der Waals surface area contributed by atoms with Crippen molar-refractivity contribution in [2.75, 3.05) is 11.1 Å². The molecule has 0 saturated heterocycles. The van der Waals surface area contributed by atoms with Gasteiger partial charge in [0.25, 0.3) is 5.91 Å². The van der Waals surface area contributed by atoms with Crippen LogP contribution in [-0.4, -0.2) is 16.1 Å². The van der Waals surface area contributed by atoms with Crippen molar-refractivity contribution in [2.45, 2.75) is 0 Å². The predicted octanol–water partition coefficient (Wildman–Crippen LogP) is 2.15. The van der Waals surface area contributed by atoms with Gasteiger partial charge < -0.3 is 11.1 Å². The molecule has 2 rings (SSSR count). The molecular weight excluding hydrogens is 291 g/mol. The Hall–Kier alpha value is -1.89. The molecule has 2 aromatic rings. The number of nitrogens with zero attached hydrogens (tertiary/aromatic N) is 1. The van der Waals surface area contributed by atoms with Gasteiger partial charge in [-0.15, -0.1) is 0 Å². The first-order valence-electron chi connectivity index (χ1n) is 4.64. The zero-order valence-electron chi connectivity index (χ0n) is 8.50. The number of nitrogens with two attached hydrogens (primary N) is 1. The van der Waals surface area contributed by atoms with E-state index in [-0.39, 0.29) is 17.1 Å². The Morgan fingerprint density at radius 2 is 2.29 bits per heavy atom. The molecule has 4 N–H and O–H groups in total. The Labute approximate surface area is 104 Å². The number of aromatic amines is 1. The Morgan fingerprint density at radius 3 is 2.88 bits per heavy atom. The van der Waals surface area contributed by atoms with Gasteiger partial charge in [0.05, 0.1) is 11.9 Å². The smallest absolute Gasteiger partial charge is 0.261 e. The van der Waals surface area contributed by atoms with E-state index in [1.54, 1.807) is 6.07 Å². The zero-order chi connectivity index (χ0) is 12.4. The van der Waals surface area contributed by atoms with Crippen LogP contribution in [0.2, 0.25) is 0 Å². The van der Waals surface area contributed by atoms with Crippen LogP contribution in [0.25, 0.3) is 0 Å². The molecule has 0 aliphatic heterocycles. The van der Waals surface area contributed by atoms with E-state index in [4.69, 9.17) is 5.73 Å². The summed E-state index contributed by atoms with van der Waals surface area (Å²) in [5.74, 6) is -0.924. The molecule has 0 aliphatic rings. The summed E-state index contributed by atoms with van der Waals surface area (Å²) in [5, 5.41) is 8.46. The van der Waals surface area contributed by atoms with Crippen LogP contribution in [0.15, 0.2) is 28.9 Å². The van der Waals surface area contributed by atoms with Crippen LogP contribution in [-0.2, 0) is 0 Å². The molecule has 1 heterocycles. The van der Waals surface area contributed by atoms with E-state index in [2.05, 4.69) is 31.4 Å². The maximum absolute atomic E-state index is 13.5. The minimum Gasteiger partial charge on any atom is -0.383 e. The Morgan fingerprint density at radius 1 is 1.53 bits per heavy atom. The molecule has 17 heavy (non-hydrogen) atoms. The zero-order valence-corrected chi connectivity index (χ0v) is 10.1. The number of hydrogen-bond donors (Lipinski definition) is 3. The lowest BCUT2D eigenvalue weighted by molar-refractivity contribution is 0.102. The van der Waals surface area contributed by atoms with Crippen molar-refractivity contribution in [1.82, 2.24) is 10.2 Å². The van der Waals surface area contributed by atoms with E-state index in [0.717, 1.165) is 0 Å². The van der Waals surface area contributed by atoms with Crippen molar-refractivity contribution in [2.24, 2.45) is 0 Å². The van der Waals surface area contributed by atoms with Crippen LogP contribution in [0.5, 0.6) is 0 Å². The molecule has 0 fully saturated rings. The second-order valence-corrected chi connectivity index (χ2v) is 4.10. The second kappa shape index (κ2) is 4.54. The summed E-state index contributed by atoms with van der Waals surface area (Å²) in [6.45, 7) is 0. The number of amides is 1. The van der Waals surface area contributed by atoms with Crippen molar-refractivity contribution in [1.29, 1.82) is 0 Å². The van der Waals surface area contributed by atoms with Crippen molar-refractivity contribution >= 4 is 33.3 Å². The molecule has 0 atom stereocenters. The first-order valence-corrected chi connectivity index (χ1v) is 5.43. The summed E-state index contributed by atoms with van der Waals surface area (Å²) in [6.07, 6.45) is 1.28. The number of carbonyl (C=O) groups is 1. The number of rotatable bonds is 2. The third kappa shape index (κ3) is 2.28. The lowest BCUT2D eigenvalue weighted by Gasteiger charge is -2.07. The summed E-state index contributed by atoms with van der Waals surface area (Å²) in [7, 11) is 0. The van der Waals surface area contributed by atoms with Crippen molar-refractivity contribution in [3.63, 3.8) is 0 Å². The van der Waals surface area contributed by atoms with Crippen LogP contribution in [0.4, 0.5) is 15.9 Å². The van der Waals surface area contributed by atoms with E-state index in [1.807, 2.05) is 0 Å². The topological polar surface area (TPSA) is 83.8 Å². The molecule has 0 aliphatic carbocycles. The monoisotopic (exact) mass is 298 g/mol. The van der Waals surface area contributed by atoms with Crippen LogP contribution in [0.1, 0.15) is 10.4 Å². The highest BCUT2D eigenvalue weighted by Crippen LogP contribution is 2.25. The molecule has 88 valence electrons. The van der Waals surface area contributed by atoms with Gasteiger partial charge in [-0.1, -0.05) is 6.07 Å². The maximum atomic E-state index is 13.5. The number of nitrogen functional groups attached to an aromatic ring is 1. The standard InChI is InChI=1S/C10H8BrFN4O/c11-6-2-1-3-7(12)8(6)15-10(17)5-4-14-16-9(5)13/h1-4H,(H,15,17)(H3,13,14,16). The Bertz CT molecular complexity index is 549. The molecule has 0 bridgehead atoms. The van der Waals surface area contributed by atoms with Crippen molar-refractivity contribution < 1.29 is 9.18 Å². The second-order valence-electron chi connectivity index (χ2n) is 3.25. The average Bonchev–Trinajstić information content (AvgIpc) is 2.70. The number of carbonyl (C=O) groups excluding carboxylic acids is 1. The van der Waals surface area contributed by atoms with E-state index in [9.17, 15) is 9.18 Å². The number of anilines is 2. The number of hydrogen-bond acceptors (Lipinski definition) is 3. The van der Waals surface area contributed by atoms with Gasteiger partial charge in [-0.25, -0.2) is 4.39 Å². The van der Waals surface area contributed by atoms with Gasteiger partial charge in [0.15, 0.2) is 0 Å². The normalized spacial score (nSPS) is 10.2. The minimum absolute atomic E-state index is 0.0677. The van der Waals surface area contributed by atoms with Gasteiger partial charge in [0, 0.05) is 4.47 Å². The lowest BCUT2D eigenvalue weighted by Crippen LogP contribution is -2.14. The van der Waals surface area contributed by atoms with Crippen molar-refractivity contribution in [3.05, 3.63) is 40.2 Å². The van der Waals surface area contributed by atoms with Gasteiger partial charge >= 0.3 is 0 Å². The highest BCUT2D eigenvalue weighted by atomic mass is 79.9. The molecule has 1 aromatic heterocycles. The number of nitrogens with one attached hydrogen (secondary N) is 2. The van der Waals surface area contributed by atoms with Crippen LogP contribution in [0.3, 0.4) is 0 Å². The van der Waals surface area contributed by atoms with E-state index in [0.29, 0.717) is 4.47 Å². The molecule has 0 saturated carbocycles. The third-order valence-corrected chi connectivity index (χ3v) is 2.78. The number of benzene rings is 1. The van der Waals surface area contributed by atoms with E-state index in [1.165, 1.54) is 18.3 Å². The number of aromatic nitrogens is 2. The highest BCUT2D eigenvalue weighted by molar-refractivity contribution is 9.10. The average molecular weight is 299 g/mol. The fourth-order valence-corrected chi connectivity index (χ4v) is 1.72. The highest BCUT2D eigenvalue weighted by Gasteiger charge is 2.15. The first-order chi connectivity index (χ1) is 8.09. The maximum Gasteiger partial charge on any atom is 0.261 e. The number of halogens is 2. The number of para-hydroxylation sites is 1. The summed E-state index contributed by atoms with van der Waals surface area (Å²) < 4.78 is 13.9. The lowest BCUT2D eigenvalue weighted by atomic mass is 10.2. The summed E-state index contributed by atoms with van der Waals surface area (Å²) in [6, 6.07) is 4.40. The van der Waals surface area contributed by atoms with Crippen LogP contribution in [0, 0.1) is 5.82 Å². The van der Waals surface area contributed by atoms with Gasteiger partial charge in [-0.2, -0.15) is 5.10 Å². The molecule has 0 spiro atoms. The molecule has 1 aromatic carbocycles. The van der Waals surface area contributed by atoms with E-state index >= 15 is 0 Å². The van der Waals surface area contributed by atoms with Crippen molar-refractivity contribution in [3.8, 4) is 0 Å². The number of H-pyrrole nitrogens is 1. The fourth-order valence-electron chi connectivity index (χ4n) is 1.28. The molecule has 0 unspecified atom stereocenters. The fraction of sp³-hybridized carbons (Fsp3) is 0. The summed E-state index contributed by atoms with van der Waals surface area (Å²) in [5.41, 5.74) is 5.72. The van der Waals surface area contributed by atoms with E-state index < -0.39 is 11.7 Å².